The van der Waals surface area contributed by atoms with Gasteiger partial charge in [-0.1, -0.05) is 49.2 Å². The molecule has 0 spiro atoms. The molecule has 20 heavy (non-hydrogen) atoms. The zero-order chi connectivity index (χ0) is 14.7. The fourth-order valence-electron chi connectivity index (χ4n) is 1.93. The summed E-state index contributed by atoms with van der Waals surface area (Å²) in [5.74, 6) is -0.272. The number of hydrogen-bond acceptors (Lipinski definition) is 1. The van der Waals surface area contributed by atoms with E-state index in [9.17, 15) is 4.39 Å². The first kappa shape index (κ1) is 15.3. The predicted molar refractivity (Wildman–Crippen MR) is 83.8 cm³/mol. The molecule has 0 saturated carbocycles. The topological polar surface area (TPSA) is 12.0 Å². The summed E-state index contributed by atoms with van der Waals surface area (Å²) in [5.41, 5.74) is 2.10. The van der Waals surface area contributed by atoms with Crippen LogP contribution in [0.1, 0.15) is 19.4 Å². The zero-order valence-electron chi connectivity index (χ0n) is 11.4. The second kappa shape index (κ2) is 6.57. The van der Waals surface area contributed by atoms with E-state index < -0.39 is 0 Å². The van der Waals surface area contributed by atoms with Gasteiger partial charge in [-0.05, 0) is 35.4 Å². The van der Waals surface area contributed by atoms with Gasteiger partial charge in [0.1, 0.15) is 5.82 Å². The van der Waals surface area contributed by atoms with Crippen molar-refractivity contribution < 1.29 is 4.39 Å². The quantitative estimate of drug-likeness (QED) is 0.808. The molecule has 2 aromatic carbocycles. The highest BCUT2D eigenvalue weighted by Gasteiger charge is 2.08. The summed E-state index contributed by atoms with van der Waals surface area (Å²) in [5, 5.41) is 4.25. The fourth-order valence-corrected chi connectivity index (χ4v) is 2.46. The van der Waals surface area contributed by atoms with E-state index in [0.29, 0.717) is 33.8 Å². The summed E-state index contributed by atoms with van der Waals surface area (Å²) in [7, 11) is 0. The van der Waals surface area contributed by atoms with Crippen LogP contribution in [-0.4, -0.2) is 6.04 Å². The van der Waals surface area contributed by atoms with Crippen molar-refractivity contribution in [3.8, 4) is 11.1 Å². The molecule has 0 amide bonds. The maximum atomic E-state index is 14.2. The molecule has 2 rings (SSSR count). The molecule has 0 aliphatic rings. The third kappa shape index (κ3) is 3.95. The van der Waals surface area contributed by atoms with Crippen molar-refractivity contribution in [3.63, 3.8) is 0 Å². The van der Waals surface area contributed by atoms with E-state index in [4.69, 9.17) is 23.2 Å². The molecule has 0 aliphatic heterocycles. The Labute approximate surface area is 128 Å². The Kier molecular flexibility index (Phi) is 5.03. The van der Waals surface area contributed by atoms with Gasteiger partial charge >= 0.3 is 0 Å². The molecular weight excluding hydrogens is 296 g/mol. The monoisotopic (exact) mass is 311 g/mol. The van der Waals surface area contributed by atoms with Crippen LogP contribution in [0, 0.1) is 5.82 Å². The van der Waals surface area contributed by atoms with Gasteiger partial charge in [-0.25, -0.2) is 4.39 Å². The average molecular weight is 312 g/mol. The molecule has 0 atom stereocenters. The van der Waals surface area contributed by atoms with Crippen LogP contribution in [0.2, 0.25) is 10.0 Å². The molecule has 2 aromatic rings. The molecule has 0 aromatic heterocycles. The fraction of sp³-hybridized carbons (Fsp3) is 0.250. The standard InChI is InChI=1S/C16H16Cl2FN/c1-10(2)20-9-11-3-4-15(16(19)5-11)12-6-13(17)8-14(18)7-12/h3-8,10,20H,9H2,1-2H3. The minimum atomic E-state index is -0.272. The molecule has 0 radical (unpaired) electrons. The van der Waals surface area contributed by atoms with Crippen molar-refractivity contribution in [2.45, 2.75) is 26.4 Å². The van der Waals surface area contributed by atoms with Gasteiger partial charge in [-0.3, -0.25) is 0 Å². The first-order valence-electron chi connectivity index (χ1n) is 6.44. The van der Waals surface area contributed by atoms with Crippen LogP contribution in [0.5, 0.6) is 0 Å². The highest BCUT2D eigenvalue weighted by Crippen LogP contribution is 2.29. The Hall–Kier alpha value is -1.09. The van der Waals surface area contributed by atoms with Crippen molar-refractivity contribution >= 4 is 23.2 Å². The zero-order valence-corrected chi connectivity index (χ0v) is 12.9. The number of hydrogen-bond donors (Lipinski definition) is 1. The number of halogens is 3. The molecule has 4 heteroatoms. The second-order valence-electron chi connectivity index (χ2n) is 5.01. The summed E-state index contributed by atoms with van der Waals surface area (Å²) in [6.45, 7) is 4.75. The lowest BCUT2D eigenvalue weighted by atomic mass is 10.0. The number of benzene rings is 2. The largest absolute Gasteiger partial charge is 0.310 e. The molecule has 0 fully saturated rings. The van der Waals surface area contributed by atoms with Crippen LogP contribution < -0.4 is 5.32 Å². The Morgan fingerprint density at radius 3 is 2.25 bits per heavy atom. The van der Waals surface area contributed by atoms with E-state index >= 15 is 0 Å². The first-order valence-corrected chi connectivity index (χ1v) is 7.19. The lowest BCUT2D eigenvalue weighted by Crippen LogP contribution is -2.21. The minimum absolute atomic E-state index is 0.272. The van der Waals surface area contributed by atoms with Gasteiger partial charge < -0.3 is 5.32 Å². The minimum Gasteiger partial charge on any atom is -0.310 e. The Morgan fingerprint density at radius 2 is 1.70 bits per heavy atom. The summed E-state index contributed by atoms with van der Waals surface area (Å²) in [6.07, 6.45) is 0. The maximum absolute atomic E-state index is 14.2. The smallest absolute Gasteiger partial charge is 0.131 e. The average Bonchev–Trinajstić information content (AvgIpc) is 2.35. The van der Waals surface area contributed by atoms with Crippen molar-refractivity contribution in [3.05, 3.63) is 57.8 Å². The summed E-state index contributed by atoms with van der Waals surface area (Å²) < 4.78 is 14.2. The summed E-state index contributed by atoms with van der Waals surface area (Å²) in [6, 6.07) is 10.6. The Morgan fingerprint density at radius 1 is 1.05 bits per heavy atom. The van der Waals surface area contributed by atoms with Crippen molar-refractivity contribution in [2.24, 2.45) is 0 Å². The van der Waals surface area contributed by atoms with Gasteiger partial charge in [0.05, 0.1) is 0 Å². The van der Waals surface area contributed by atoms with Crippen LogP contribution in [-0.2, 0) is 6.54 Å². The van der Waals surface area contributed by atoms with Gasteiger partial charge in [0.25, 0.3) is 0 Å². The molecule has 1 nitrogen and oxygen atoms in total. The molecule has 0 aliphatic carbocycles. The summed E-state index contributed by atoms with van der Waals surface area (Å²) in [4.78, 5) is 0. The Bertz CT molecular complexity index is 591. The lowest BCUT2D eigenvalue weighted by molar-refractivity contribution is 0.582. The predicted octanol–water partition coefficient (Wildman–Crippen LogP) is 5.30. The highest BCUT2D eigenvalue weighted by molar-refractivity contribution is 6.35. The lowest BCUT2D eigenvalue weighted by Gasteiger charge is -2.10. The third-order valence-electron chi connectivity index (χ3n) is 2.92. The second-order valence-corrected chi connectivity index (χ2v) is 5.88. The van der Waals surface area contributed by atoms with Crippen molar-refractivity contribution in [2.75, 3.05) is 0 Å². The van der Waals surface area contributed by atoms with Crippen molar-refractivity contribution in [1.82, 2.24) is 5.32 Å². The van der Waals surface area contributed by atoms with Crippen LogP contribution in [0.3, 0.4) is 0 Å². The SMILES string of the molecule is CC(C)NCc1ccc(-c2cc(Cl)cc(Cl)c2)c(F)c1. The molecule has 0 unspecified atom stereocenters. The van der Waals surface area contributed by atoms with E-state index in [1.807, 2.05) is 6.07 Å². The van der Waals surface area contributed by atoms with Gasteiger partial charge in [0.15, 0.2) is 0 Å². The van der Waals surface area contributed by atoms with Gasteiger partial charge in [-0.2, -0.15) is 0 Å². The molecular formula is C16H16Cl2FN. The molecule has 0 bridgehead atoms. The van der Waals surface area contributed by atoms with E-state index in [1.54, 1.807) is 30.3 Å². The van der Waals surface area contributed by atoms with Gasteiger partial charge in [0, 0.05) is 28.2 Å². The van der Waals surface area contributed by atoms with Crippen LogP contribution >= 0.6 is 23.2 Å². The summed E-state index contributed by atoms with van der Waals surface area (Å²) >= 11 is 11.9. The third-order valence-corrected chi connectivity index (χ3v) is 3.36. The molecule has 1 N–H and O–H groups in total. The molecule has 106 valence electrons. The van der Waals surface area contributed by atoms with Crippen LogP contribution in [0.15, 0.2) is 36.4 Å². The maximum Gasteiger partial charge on any atom is 0.131 e. The van der Waals surface area contributed by atoms with Gasteiger partial charge in [-0.15, -0.1) is 0 Å². The molecule has 0 heterocycles. The van der Waals surface area contributed by atoms with Crippen LogP contribution in [0.25, 0.3) is 11.1 Å². The van der Waals surface area contributed by atoms with Crippen LogP contribution in [0.4, 0.5) is 4.39 Å². The Balaban J connectivity index is 2.29. The van der Waals surface area contributed by atoms with E-state index in [0.717, 1.165) is 5.56 Å². The number of nitrogens with one attached hydrogen (secondary N) is 1. The number of rotatable bonds is 4. The highest BCUT2D eigenvalue weighted by atomic mass is 35.5. The first-order chi connectivity index (χ1) is 9.45. The normalized spacial score (nSPS) is 11.1. The van der Waals surface area contributed by atoms with E-state index in [1.165, 1.54) is 0 Å². The van der Waals surface area contributed by atoms with E-state index in [-0.39, 0.29) is 5.82 Å². The van der Waals surface area contributed by atoms with Crippen molar-refractivity contribution in [1.29, 1.82) is 0 Å². The molecule has 0 saturated heterocycles. The van der Waals surface area contributed by atoms with Gasteiger partial charge in [0.2, 0.25) is 0 Å². The van der Waals surface area contributed by atoms with E-state index in [2.05, 4.69) is 19.2 Å².